The quantitative estimate of drug-likeness (QED) is 0.594. The van der Waals surface area contributed by atoms with Crippen LogP contribution in [0.15, 0.2) is 42.7 Å². The summed E-state index contributed by atoms with van der Waals surface area (Å²) in [4.78, 5) is 4.19. The summed E-state index contributed by atoms with van der Waals surface area (Å²) in [5, 5.41) is 15.4. The van der Waals surface area contributed by atoms with Gasteiger partial charge in [0.1, 0.15) is 12.0 Å². The van der Waals surface area contributed by atoms with Gasteiger partial charge in [0.15, 0.2) is 17.3 Å². The molecule has 112 valence electrons. The maximum atomic E-state index is 5.45. The number of nitrogens with one attached hydrogen (secondary N) is 2. The van der Waals surface area contributed by atoms with Crippen molar-refractivity contribution in [3.63, 3.8) is 0 Å². The number of hydrogen-bond acceptors (Lipinski definition) is 5. The smallest absolute Gasteiger partial charge is 0.231 e. The van der Waals surface area contributed by atoms with E-state index in [4.69, 9.17) is 9.47 Å². The topological polar surface area (TPSA) is 88.7 Å². The molecule has 23 heavy (non-hydrogen) atoms. The van der Waals surface area contributed by atoms with Crippen molar-refractivity contribution in [2.24, 2.45) is 0 Å². The van der Waals surface area contributed by atoms with E-state index in [9.17, 15) is 0 Å². The summed E-state index contributed by atoms with van der Waals surface area (Å²) in [6.45, 7) is 0.259. The van der Waals surface area contributed by atoms with E-state index in [1.165, 1.54) is 0 Å². The lowest BCUT2D eigenvalue weighted by molar-refractivity contribution is 0.174. The molecule has 0 fully saturated rings. The van der Waals surface area contributed by atoms with Crippen LogP contribution in [0, 0.1) is 0 Å². The SMILES string of the molecule is c1nc(-c2ccc3[nH]nc(-c4ccc5c(c4)OCO5)c3c2)n[nH]1. The second kappa shape index (κ2) is 4.57. The summed E-state index contributed by atoms with van der Waals surface area (Å²) in [5.41, 5.74) is 3.71. The third kappa shape index (κ3) is 1.87. The number of benzene rings is 2. The number of hydrogen-bond donors (Lipinski definition) is 2. The Morgan fingerprint density at radius 1 is 0.913 bits per heavy atom. The van der Waals surface area contributed by atoms with Crippen LogP contribution in [-0.4, -0.2) is 32.2 Å². The molecule has 0 bridgehead atoms. The molecule has 0 unspecified atom stereocenters. The van der Waals surface area contributed by atoms with E-state index in [2.05, 4.69) is 25.4 Å². The Hall–Kier alpha value is -3.35. The second-order valence-corrected chi connectivity index (χ2v) is 5.22. The van der Waals surface area contributed by atoms with E-state index in [1.807, 2.05) is 36.4 Å². The van der Waals surface area contributed by atoms with E-state index in [0.717, 1.165) is 39.2 Å². The van der Waals surface area contributed by atoms with Crippen molar-refractivity contribution in [3.8, 4) is 34.1 Å². The Kier molecular flexibility index (Phi) is 2.43. The van der Waals surface area contributed by atoms with Gasteiger partial charge in [0.2, 0.25) is 6.79 Å². The highest BCUT2D eigenvalue weighted by Gasteiger charge is 2.17. The number of aromatic amines is 2. The van der Waals surface area contributed by atoms with Gasteiger partial charge in [-0.25, -0.2) is 4.98 Å². The molecule has 0 amide bonds. The first-order valence-electron chi connectivity index (χ1n) is 7.13. The summed E-state index contributed by atoms with van der Waals surface area (Å²) < 4.78 is 10.8. The standard InChI is InChI=1S/C16H11N5O2/c1-3-12-11(5-10(1)16-17-7-18-21-16)15(20-19-12)9-2-4-13-14(6-9)23-8-22-13/h1-7H,8H2,(H,19,20)(H,17,18,21). The normalized spacial score (nSPS) is 12.9. The number of nitrogens with zero attached hydrogens (tertiary/aromatic N) is 3. The van der Waals surface area contributed by atoms with Crippen molar-refractivity contribution >= 4 is 10.9 Å². The van der Waals surface area contributed by atoms with Gasteiger partial charge in [-0.1, -0.05) is 0 Å². The van der Waals surface area contributed by atoms with Crippen LogP contribution >= 0.6 is 0 Å². The highest BCUT2D eigenvalue weighted by molar-refractivity contribution is 5.95. The van der Waals surface area contributed by atoms with Crippen LogP contribution in [0.4, 0.5) is 0 Å². The monoisotopic (exact) mass is 305 g/mol. The van der Waals surface area contributed by atoms with Gasteiger partial charge in [0.25, 0.3) is 0 Å². The van der Waals surface area contributed by atoms with Crippen LogP contribution in [0.1, 0.15) is 0 Å². The molecular formula is C16H11N5O2. The highest BCUT2D eigenvalue weighted by atomic mass is 16.7. The Morgan fingerprint density at radius 3 is 2.74 bits per heavy atom. The highest BCUT2D eigenvalue weighted by Crippen LogP contribution is 2.37. The fraction of sp³-hybridized carbons (Fsp3) is 0.0625. The van der Waals surface area contributed by atoms with Gasteiger partial charge in [-0.2, -0.15) is 10.2 Å². The molecule has 4 aromatic rings. The van der Waals surface area contributed by atoms with Gasteiger partial charge in [0.05, 0.1) is 5.52 Å². The van der Waals surface area contributed by atoms with Gasteiger partial charge in [-0.05, 0) is 36.4 Å². The summed E-state index contributed by atoms with van der Waals surface area (Å²) in [6.07, 6.45) is 1.56. The molecule has 0 radical (unpaired) electrons. The van der Waals surface area contributed by atoms with Crippen molar-refractivity contribution in [3.05, 3.63) is 42.7 Å². The molecule has 0 aliphatic carbocycles. The van der Waals surface area contributed by atoms with Gasteiger partial charge in [-0.15, -0.1) is 0 Å². The maximum Gasteiger partial charge on any atom is 0.231 e. The molecule has 3 heterocycles. The molecule has 7 nitrogen and oxygen atoms in total. The maximum absolute atomic E-state index is 5.45. The van der Waals surface area contributed by atoms with Gasteiger partial charge < -0.3 is 9.47 Å². The number of rotatable bonds is 2. The minimum Gasteiger partial charge on any atom is -0.454 e. The van der Waals surface area contributed by atoms with Crippen LogP contribution in [-0.2, 0) is 0 Å². The first kappa shape index (κ1) is 12.2. The minimum absolute atomic E-state index is 0.259. The van der Waals surface area contributed by atoms with Crippen molar-refractivity contribution in [2.75, 3.05) is 6.79 Å². The lowest BCUT2D eigenvalue weighted by atomic mass is 10.0. The Morgan fingerprint density at radius 2 is 1.83 bits per heavy atom. The Labute approximate surface area is 130 Å². The van der Waals surface area contributed by atoms with Crippen molar-refractivity contribution < 1.29 is 9.47 Å². The number of ether oxygens (including phenoxy) is 2. The number of H-pyrrole nitrogens is 2. The van der Waals surface area contributed by atoms with Crippen LogP contribution in [0.5, 0.6) is 11.5 Å². The Balaban J connectivity index is 1.68. The van der Waals surface area contributed by atoms with Crippen LogP contribution in [0.2, 0.25) is 0 Å². The average molecular weight is 305 g/mol. The zero-order chi connectivity index (χ0) is 15.2. The second-order valence-electron chi connectivity index (χ2n) is 5.22. The van der Waals surface area contributed by atoms with E-state index in [0.29, 0.717) is 5.82 Å². The number of fused-ring (bicyclic) bond motifs is 2. The first-order valence-corrected chi connectivity index (χ1v) is 7.13. The van der Waals surface area contributed by atoms with Gasteiger partial charge in [-0.3, -0.25) is 10.2 Å². The molecule has 0 saturated carbocycles. The number of aromatic nitrogens is 5. The van der Waals surface area contributed by atoms with Crippen LogP contribution in [0.3, 0.4) is 0 Å². The third-order valence-corrected chi connectivity index (χ3v) is 3.88. The summed E-state index contributed by atoms with van der Waals surface area (Å²) in [7, 11) is 0. The average Bonchev–Trinajstić information content (AvgIpc) is 3.32. The molecule has 1 aliphatic heterocycles. The molecule has 0 atom stereocenters. The molecular weight excluding hydrogens is 294 g/mol. The predicted octanol–water partition coefficient (Wildman–Crippen LogP) is 2.74. The predicted molar refractivity (Wildman–Crippen MR) is 83.0 cm³/mol. The zero-order valence-electron chi connectivity index (χ0n) is 11.9. The largest absolute Gasteiger partial charge is 0.454 e. The van der Waals surface area contributed by atoms with Crippen LogP contribution in [0.25, 0.3) is 33.5 Å². The molecule has 2 N–H and O–H groups in total. The molecule has 1 aliphatic rings. The molecule has 0 spiro atoms. The Bertz CT molecular complexity index is 1010. The lowest BCUT2D eigenvalue weighted by Crippen LogP contribution is -1.92. The molecule has 7 heteroatoms. The van der Waals surface area contributed by atoms with E-state index < -0.39 is 0 Å². The van der Waals surface area contributed by atoms with Crippen molar-refractivity contribution in [1.29, 1.82) is 0 Å². The summed E-state index contributed by atoms with van der Waals surface area (Å²) in [5.74, 6) is 2.16. The fourth-order valence-electron chi connectivity index (χ4n) is 2.76. The fourth-order valence-corrected chi connectivity index (χ4v) is 2.76. The molecule has 2 aromatic carbocycles. The van der Waals surface area contributed by atoms with E-state index in [-0.39, 0.29) is 6.79 Å². The molecule has 2 aromatic heterocycles. The summed E-state index contributed by atoms with van der Waals surface area (Å²) in [6, 6.07) is 11.8. The molecule has 5 rings (SSSR count). The van der Waals surface area contributed by atoms with Crippen molar-refractivity contribution in [1.82, 2.24) is 25.4 Å². The van der Waals surface area contributed by atoms with Gasteiger partial charge >= 0.3 is 0 Å². The summed E-state index contributed by atoms with van der Waals surface area (Å²) >= 11 is 0. The zero-order valence-corrected chi connectivity index (χ0v) is 11.9. The third-order valence-electron chi connectivity index (χ3n) is 3.88. The minimum atomic E-state index is 0.259. The van der Waals surface area contributed by atoms with E-state index in [1.54, 1.807) is 6.33 Å². The first-order chi connectivity index (χ1) is 11.4. The van der Waals surface area contributed by atoms with Crippen LogP contribution < -0.4 is 9.47 Å². The van der Waals surface area contributed by atoms with Gasteiger partial charge in [0, 0.05) is 16.5 Å². The molecule has 0 saturated heterocycles. The lowest BCUT2D eigenvalue weighted by Gasteiger charge is -2.01. The van der Waals surface area contributed by atoms with Crippen molar-refractivity contribution in [2.45, 2.75) is 0 Å². The van der Waals surface area contributed by atoms with E-state index >= 15 is 0 Å².